The number of hydrogen-bond donors (Lipinski definition) is 1. The van der Waals surface area contributed by atoms with Gasteiger partial charge in [0, 0.05) is 42.7 Å². The molecule has 0 saturated carbocycles. The van der Waals surface area contributed by atoms with E-state index in [2.05, 4.69) is 25.5 Å². The summed E-state index contributed by atoms with van der Waals surface area (Å²) in [5.74, 6) is 1.04. The average Bonchev–Trinajstić information content (AvgIpc) is 2.98. The summed E-state index contributed by atoms with van der Waals surface area (Å²) >= 11 is 0. The van der Waals surface area contributed by atoms with Gasteiger partial charge in [0.15, 0.2) is 5.82 Å². The number of nitrogens with one attached hydrogen (secondary N) is 1. The maximum Gasteiger partial charge on any atom is 0.266 e. The number of benzene rings is 2. The molecule has 1 aliphatic rings. The first-order chi connectivity index (χ1) is 19.0. The normalized spacial score (nSPS) is 13.7. The number of amides is 1. The lowest BCUT2D eigenvalue weighted by molar-refractivity contribution is -0.125. The van der Waals surface area contributed by atoms with Gasteiger partial charge in [-0.1, -0.05) is 12.1 Å². The molecular weight excluding hydrogens is 499 g/mol. The summed E-state index contributed by atoms with van der Waals surface area (Å²) in [6.07, 6.45) is 1.39. The van der Waals surface area contributed by atoms with Crippen LogP contribution >= 0.6 is 0 Å². The van der Waals surface area contributed by atoms with Crippen molar-refractivity contribution in [2.45, 2.75) is 19.4 Å². The Labute approximate surface area is 225 Å². The van der Waals surface area contributed by atoms with Gasteiger partial charge in [0.2, 0.25) is 5.91 Å². The first kappa shape index (κ1) is 26.0. The predicted molar refractivity (Wildman–Crippen MR) is 146 cm³/mol. The SMILES string of the molecule is COc1ccccc1-c1ccc(N2CCC(C(=O)NCCn3nc(-c4ccc(F)cc4)ccc3=O)CC2)nn1. The Bertz CT molecular complexity index is 1480. The standard InChI is InChI=1S/C29H29FN6O3/c1-39-26-5-3-2-4-23(26)25-10-12-27(33-32-25)35-17-14-21(15-18-35)29(38)31-16-19-36-28(37)13-11-24(34-36)20-6-8-22(30)9-7-20/h2-13,21H,14-19H2,1H3,(H,31,38). The van der Waals surface area contributed by atoms with Gasteiger partial charge < -0.3 is 15.0 Å². The molecule has 5 rings (SSSR count). The van der Waals surface area contributed by atoms with Crippen molar-refractivity contribution in [1.29, 1.82) is 0 Å². The first-order valence-electron chi connectivity index (χ1n) is 12.9. The van der Waals surface area contributed by atoms with Gasteiger partial charge in [0.05, 0.1) is 25.0 Å². The Balaban J connectivity index is 1.12. The molecule has 9 nitrogen and oxygen atoms in total. The quantitative estimate of drug-likeness (QED) is 0.373. The van der Waals surface area contributed by atoms with Crippen LogP contribution in [0.1, 0.15) is 12.8 Å². The van der Waals surface area contributed by atoms with Crippen molar-refractivity contribution in [3.63, 3.8) is 0 Å². The highest BCUT2D eigenvalue weighted by molar-refractivity contribution is 5.79. The molecule has 0 spiro atoms. The van der Waals surface area contributed by atoms with Crippen molar-refractivity contribution < 1.29 is 13.9 Å². The zero-order valence-corrected chi connectivity index (χ0v) is 21.6. The first-order valence-corrected chi connectivity index (χ1v) is 12.9. The maximum atomic E-state index is 13.2. The number of carbonyl (C=O) groups is 1. The number of halogens is 1. The number of hydrogen-bond acceptors (Lipinski definition) is 7. The number of rotatable bonds is 8. The lowest BCUT2D eigenvalue weighted by Gasteiger charge is -2.31. The van der Waals surface area contributed by atoms with Crippen LogP contribution in [0.5, 0.6) is 5.75 Å². The molecule has 4 aromatic rings. The maximum absolute atomic E-state index is 13.2. The predicted octanol–water partition coefficient (Wildman–Crippen LogP) is 3.55. The van der Waals surface area contributed by atoms with Crippen LogP contribution in [0.2, 0.25) is 0 Å². The van der Waals surface area contributed by atoms with Gasteiger partial charge in [-0.3, -0.25) is 9.59 Å². The van der Waals surface area contributed by atoms with E-state index in [4.69, 9.17) is 4.74 Å². The summed E-state index contributed by atoms with van der Waals surface area (Å²) in [6.45, 7) is 1.92. The highest BCUT2D eigenvalue weighted by Gasteiger charge is 2.25. The van der Waals surface area contributed by atoms with E-state index in [1.807, 2.05) is 36.4 Å². The third kappa shape index (κ3) is 6.11. The number of anilines is 1. The largest absolute Gasteiger partial charge is 0.496 e. The number of nitrogens with zero attached hydrogens (tertiary/aromatic N) is 5. The molecule has 0 unspecified atom stereocenters. The second-order valence-corrected chi connectivity index (χ2v) is 9.32. The van der Waals surface area contributed by atoms with Crippen molar-refractivity contribution in [3.8, 4) is 28.3 Å². The Morgan fingerprint density at radius 2 is 1.72 bits per heavy atom. The summed E-state index contributed by atoms with van der Waals surface area (Å²) in [4.78, 5) is 27.2. The van der Waals surface area contributed by atoms with E-state index in [0.29, 0.717) is 37.2 Å². The van der Waals surface area contributed by atoms with Gasteiger partial charge in [-0.05, 0) is 67.4 Å². The fourth-order valence-electron chi connectivity index (χ4n) is 4.68. The number of carbonyl (C=O) groups excluding carboxylic acids is 1. The smallest absolute Gasteiger partial charge is 0.266 e. The second-order valence-electron chi connectivity index (χ2n) is 9.32. The van der Waals surface area contributed by atoms with E-state index in [0.717, 1.165) is 22.8 Å². The lowest BCUT2D eigenvalue weighted by Crippen LogP contribution is -2.42. The fraction of sp³-hybridized carbons (Fsp3) is 0.276. The van der Waals surface area contributed by atoms with Crippen LogP contribution in [0.25, 0.3) is 22.5 Å². The van der Waals surface area contributed by atoms with Crippen LogP contribution in [0.4, 0.5) is 10.2 Å². The number of ether oxygens (including phenoxy) is 1. The van der Waals surface area contributed by atoms with Gasteiger partial charge in [-0.2, -0.15) is 5.10 Å². The molecule has 39 heavy (non-hydrogen) atoms. The molecule has 0 radical (unpaired) electrons. The van der Waals surface area contributed by atoms with Crippen molar-refractivity contribution in [1.82, 2.24) is 25.3 Å². The molecule has 1 fully saturated rings. The minimum atomic E-state index is -0.337. The lowest BCUT2D eigenvalue weighted by atomic mass is 9.96. The molecule has 1 saturated heterocycles. The molecule has 1 N–H and O–H groups in total. The Morgan fingerprint density at radius 1 is 0.974 bits per heavy atom. The van der Waals surface area contributed by atoms with Gasteiger partial charge in [-0.15, -0.1) is 10.2 Å². The van der Waals surface area contributed by atoms with Gasteiger partial charge in [0.1, 0.15) is 11.6 Å². The third-order valence-corrected chi connectivity index (χ3v) is 6.85. The molecule has 0 aliphatic carbocycles. The molecule has 1 aliphatic heterocycles. The van der Waals surface area contributed by atoms with Crippen molar-refractivity contribution in [3.05, 3.63) is 89.0 Å². The van der Waals surface area contributed by atoms with Crippen LogP contribution in [-0.2, 0) is 11.3 Å². The minimum absolute atomic E-state index is 0.0324. The van der Waals surface area contributed by atoms with E-state index >= 15 is 0 Å². The van der Waals surface area contributed by atoms with E-state index in [1.165, 1.54) is 22.9 Å². The molecule has 1 amide bonds. The van der Waals surface area contributed by atoms with E-state index in [1.54, 1.807) is 25.3 Å². The number of piperidine rings is 1. The molecule has 0 atom stereocenters. The highest BCUT2D eigenvalue weighted by atomic mass is 19.1. The monoisotopic (exact) mass is 528 g/mol. The Kier molecular flexibility index (Phi) is 7.91. The molecule has 200 valence electrons. The van der Waals surface area contributed by atoms with Gasteiger partial charge in [0.25, 0.3) is 5.56 Å². The summed E-state index contributed by atoms with van der Waals surface area (Å²) in [5, 5.41) is 16.1. The zero-order chi connectivity index (χ0) is 27.2. The van der Waals surface area contributed by atoms with Crippen molar-refractivity contribution in [2.75, 3.05) is 31.6 Å². The van der Waals surface area contributed by atoms with Gasteiger partial charge in [-0.25, -0.2) is 9.07 Å². The molecule has 2 aromatic carbocycles. The number of aromatic nitrogens is 4. The topological polar surface area (TPSA) is 102 Å². The van der Waals surface area contributed by atoms with Crippen molar-refractivity contribution in [2.24, 2.45) is 5.92 Å². The molecule has 2 aromatic heterocycles. The Hall–Kier alpha value is -4.60. The van der Waals surface area contributed by atoms with Crippen LogP contribution in [0, 0.1) is 11.7 Å². The van der Waals surface area contributed by atoms with Crippen LogP contribution in [0.3, 0.4) is 0 Å². The van der Waals surface area contributed by atoms with E-state index < -0.39 is 0 Å². The van der Waals surface area contributed by atoms with Crippen LogP contribution < -0.4 is 20.5 Å². The highest BCUT2D eigenvalue weighted by Crippen LogP contribution is 2.29. The summed E-state index contributed by atoms with van der Waals surface area (Å²) in [5.41, 5.74) is 2.63. The summed E-state index contributed by atoms with van der Waals surface area (Å²) in [7, 11) is 1.63. The Morgan fingerprint density at radius 3 is 2.44 bits per heavy atom. The average molecular weight is 529 g/mol. The number of para-hydroxylation sites is 1. The molecule has 0 bridgehead atoms. The van der Waals surface area contributed by atoms with Crippen molar-refractivity contribution >= 4 is 11.7 Å². The summed E-state index contributed by atoms with van der Waals surface area (Å²) in [6, 6.07) is 20.5. The van der Waals surface area contributed by atoms with Crippen LogP contribution in [0.15, 0.2) is 77.6 Å². The minimum Gasteiger partial charge on any atom is -0.496 e. The van der Waals surface area contributed by atoms with Gasteiger partial charge >= 0.3 is 0 Å². The van der Waals surface area contributed by atoms with E-state index in [9.17, 15) is 14.0 Å². The van der Waals surface area contributed by atoms with E-state index in [-0.39, 0.29) is 36.3 Å². The zero-order valence-electron chi connectivity index (χ0n) is 21.6. The molecule has 10 heteroatoms. The summed E-state index contributed by atoms with van der Waals surface area (Å²) < 4.78 is 20.0. The molecule has 3 heterocycles. The van der Waals surface area contributed by atoms with Crippen LogP contribution in [-0.4, -0.2) is 52.6 Å². The number of methoxy groups -OCH3 is 1. The third-order valence-electron chi connectivity index (χ3n) is 6.85. The second kappa shape index (κ2) is 11.8. The molecular formula is C29H29FN6O3. The fourth-order valence-corrected chi connectivity index (χ4v) is 4.68.